The fraction of sp³-hybridized carbons (Fsp3) is 0.286. The Hall–Kier alpha value is -2.10. The van der Waals surface area contributed by atoms with Gasteiger partial charge in [0.25, 0.3) is 5.91 Å². The number of nitrogens with one attached hydrogen (secondary N) is 1. The van der Waals surface area contributed by atoms with E-state index in [2.05, 4.69) is 10.3 Å². The molecule has 0 aliphatic carbocycles. The van der Waals surface area contributed by atoms with Crippen molar-refractivity contribution in [1.29, 1.82) is 0 Å². The highest BCUT2D eigenvalue weighted by Gasteiger charge is 2.17. The van der Waals surface area contributed by atoms with Crippen LogP contribution in [0.4, 0.5) is 0 Å². The van der Waals surface area contributed by atoms with Crippen LogP contribution >= 0.6 is 0 Å². The Morgan fingerprint density at radius 3 is 2.56 bits per heavy atom. The van der Waals surface area contributed by atoms with Gasteiger partial charge in [0.15, 0.2) is 5.69 Å². The Kier molecular flexibility index (Phi) is 3.46. The predicted octanol–water partition coefficient (Wildman–Crippen LogP) is 2.71. The zero-order valence-electron chi connectivity index (χ0n) is 10.8. The summed E-state index contributed by atoms with van der Waals surface area (Å²) < 4.78 is 5.54. The third kappa shape index (κ3) is 2.42. The molecule has 0 unspecified atom stereocenters. The lowest BCUT2D eigenvalue weighted by Crippen LogP contribution is -2.23. The molecule has 0 atom stereocenters. The summed E-state index contributed by atoms with van der Waals surface area (Å²) in [6.07, 6.45) is 0. The largest absolute Gasteiger partial charge is 0.441 e. The van der Waals surface area contributed by atoms with Crippen LogP contribution in [-0.2, 0) is 0 Å². The molecule has 1 N–H and O–H groups in total. The van der Waals surface area contributed by atoms with Gasteiger partial charge in [-0.05, 0) is 32.9 Å². The van der Waals surface area contributed by atoms with E-state index in [1.54, 1.807) is 6.92 Å². The van der Waals surface area contributed by atoms with Crippen molar-refractivity contribution in [3.05, 3.63) is 41.3 Å². The van der Waals surface area contributed by atoms with E-state index < -0.39 is 0 Å². The highest BCUT2D eigenvalue weighted by atomic mass is 16.4. The lowest BCUT2D eigenvalue weighted by Gasteiger charge is -1.97. The van der Waals surface area contributed by atoms with Gasteiger partial charge in [-0.3, -0.25) is 4.79 Å². The van der Waals surface area contributed by atoms with Crippen LogP contribution in [0.3, 0.4) is 0 Å². The predicted molar refractivity (Wildman–Crippen MR) is 69.4 cm³/mol. The summed E-state index contributed by atoms with van der Waals surface area (Å²) >= 11 is 0. The number of benzene rings is 1. The fourth-order valence-corrected chi connectivity index (χ4v) is 1.67. The number of hydrogen-bond donors (Lipinski definition) is 1. The second-order valence-corrected chi connectivity index (χ2v) is 4.15. The molecule has 2 aromatic rings. The Morgan fingerprint density at radius 1 is 1.28 bits per heavy atom. The van der Waals surface area contributed by atoms with Crippen LogP contribution in [0.15, 0.2) is 28.7 Å². The molecule has 1 amide bonds. The van der Waals surface area contributed by atoms with Gasteiger partial charge in [-0.1, -0.05) is 17.7 Å². The van der Waals surface area contributed by atoms with Gasteiger partial charge in [-0.25, -0.2) is 4.98 Å². The van der Waals surface area contributed by atoms with Gasteiger partial charge in [0.05, 0.1) is 0 Å². The van der Waals surface area contributed by atoms with Crippen molar-refractivity contribution in [2.45, 2.75) is 20.8 Å². The van der Waals surface area contributed by atoms with E-state index in [1.165, 1.54) is 5.56 Å². The SMILES string of the molecule is CCNC(=O)c1nc(-c2ccc(C)cc2)oc1C. The van der Waals surface area contributed by atoms with Crippen molar-refractivity contribution in [3.63, 3.8) is 0 Å². The van der Waals surface area contributed by atoms with Crippen molar-refractivity contribution in [1.82, 2.24) is 10.3 Å². The second kappa shape index (κ2) is 5.04. The standard InChI is InChI=1S/C14H16N2O2/c1-4-15-13(17)12-10(3)18-14(16-12)11-7-5-9(2)6-8-11/h5-8H,4H2,1-3H3,(H,15,17). The zero-order valence-corrected chi connectivity index (χ0v) is 10.8. The molecule has 0 radical (unpaired) electrons. The summed E-state index contributed by atoms with van der Waals surface area (Å²) in [6.45, 7) is 6.21. The molecular weight excluding hydrogens is 228 g/mol. The average molecular weight is 244 g/mol. The average Bonchev–Trinajstić information content (AvgIpc) is 2.72. The molecule has 1 heterocycles. The minimum atomic E-state index is -0.197. The highest BCUT2D eigenvalue weighted by Crippen LogP contribution is 2.21. The molecule has 1 aromatic heterocycles. The van der Waals surface area contributed by atoms with E-state index in [-0.39, 0.29) is 5.91 Å². The first-order chi connectivity index (χ1) is 8.61. The molecule has 0 bridgehead atoms. The zero-order chi connectivity index (χ0) is 13.1. The molecule has 0 spiro atoms. The number of carbonyl (C=O) groups is 1. The number of rotatable bonds is 3. The van der Waals surface area contributed by atoms with Crippen LogP contribution in [0, 0.1) is 13.8 Å². The number of aromatic nitrogens is 1. The lowest BCUT2D eigenvalue weighted by atomic mass is 10.1. The van der Waals surface area contributed by atoms with Crippen molar-refractivity contribution in [2.75, 3.05) is 6.54 Å². The summed E-state index contributed by atoms with van der Waals surface area (Å²) in [7, 11) is 0. The van der Waals surface area contributed by atoms with E-state index in [0.29, 0.717) is 23.9 Å². The van der Waals surface area contributed by atoms with Gasteiger partial charge in [0, 0.05) is 12.1 Å². The first-order valence-electron chi connectivity index (χ1n) is 5.94. The fourth-order valence-electron chi connectivity index (χ4n) is 1.67. The second-order valence-electron chi connectivity index (χ2n) is 4.15. The van der Waals surface area contributed by atoms with Gasteiger partial charge in [0.2, 0.25) is 5.89 Å². The Balaban J connectivity index is 2.34. The van der Waals surface area contributed by atoms with Crippen LogP contribution in [0.1, 0.15) is 28.7 Å². The minimum absolute atomic E-state index is 0.197. The smallest absolute Gasteiger partial charge is 0.273 e. The van der Waals surface area contributed by atoms with Crippen molar-refractivity contribution < 1.29 is 9.21 Å². The first kappa shape index (κ1) is 12.4. The molecule has 94 valence electrons. The molecule has 0 aliphatic rings. The molecule has 4 heteroatoms. The third-order valence-corrected chi connectivity index (χ3v) is 2.65. The quantitative estimate of drug-likeness (QED) is 0.903. The maximum Gasteiger partial charge on any atom is 0.273 e. The van der Waals surface area contributed by atoms with Crippen molar-refractivity contribution in [2.24, 2.45) is 0 Å². The molecule has 0 saturated heterocycles. The molecule has 0 fully saturated rings. The summed E-state index contributed by atoms with van der Waals surface area (Å²) in [5, 5.41) is 2.72. The molecular formula is C14H16N2O2. The van der Waals surface area contributed by atoms with E-state index in [4.69, 9.17) is 4.42 Å². The number of nitrogens with zero attached hydrogens (tertiary/aromatic N) is 1. The summed E-state index contributed by atoms with van der Waals surface area (Å²) in [5.74, 6) is 0.822. The molecule has 18 heavy (non-hydrogen) atoms. The number of aryl methyl sites for hydroxylation is 2. The lowest BCUT2D eigenvalue weighted by molar-refractivity contribution is 0.0950. The van der Waals surface area contributed by atoms with Crippen LogP contribution in [-0.4, -0.2) is 17.4 Å². The van der Waals surface area contributed by atoms with Gasteiger partial charge < -0.3 is 9.73 Å². The van der Waals surface area contributed by atoms with E-state index in [0.717, 1.165) is 5.56 Å². The maximum atomic E-state index is 11.7. The van der Waals surface area contributed by atoms with Crippen LogP contribution in [0.25, 0.3) is 11.5 Å². The number of oxazole rings is 1. The summed E-state index contributed by atoms with van der Waals surface area (Å²) in [4.78, 5) is 16.0. The van der Waals surface area contributed by atoms with E-state index >= 15 is 0 Å². The van der Waals surface area contributed by atoms with Crippen molar-refractivity contribution >= 4 is 5.91 Å². The third-order valence-electron chi connectivity index (χ3n) is 2.65. The molecule has 0 saturated carbocycles. The number of carbonyl (C=O) groups excluding carboxylic acids is 1. The Morgan fingerprint density at radius 2 is 1.94 bits per heavy atom. The van der Waals surface area contributed by atoms with Crippen LogP contribution < -0.4 is 5.32 Å². The van der Waals surface area contributed by atoms with Crippen LogP contribution in [0.2, 0.25) is 0 Å². The van der Waals surface area contributed by atoms with Gasteiger partial charge in [-0.2, -0.15) is 0 Å². The summed E-state index contributed by atoms with van der Waals surface area (Å²) in [5.41, 5.74) is 2.40. The van der Waals surface area contributed by atoms with E-state index in [1.807, 2.05) is 38.1 Å². The Labute approximate surface area is 106 Å². The minimum Gasteiger partial charge on any atom is -0.441 e. The number of amides is 1. The van der Waals surface area contributed by atoms with Crippen molar-refractivity contribution in [3.8, 4) is 11.5 Å². The normalized spacial score (nSPS) is 10.4. The summed E-state index contributed by atoms with van der Waals surface area (Å²) in [6, 6.07) is 7.84. The molecule has 0 aliphatic heterocycles. The van der Waals surface area contributed by atoms with Gasteiger partial charge in [0.1, 0.15) is 5.76 Å². The highest BCUT2D eigenvalue weighted by molar-refractivity contribution is 5.93. The Bertz CT molecular complexity index is 556. The van der Waals surface area contributed by atoms with E-state index in [9.17, 15) is 4.79 Å². The molecule has 4 nitrogen and oxygen atoms in total. The molecule has 2 rings (SSSR count). The van der Waals surface area contributed by atoms with Gasteiger partial charge in [-0.15, -0.1) is 0 Å². The maximum absolute atomic E-state index is 11.7. The van der Waals surface area contributed by atoms with Gasteiger partial charge >= 0.3 is 0 Å². The topological polar surface area (TPSA) is 55.1 Å². The van der Waals surface area contributed by atoms with Crippen LogP contribution in [0.5, 0.6) is 0 Å². The molecule has 1 aromatic carbocycles. The first-order valence-corrected chi connectivity index (χ1v) is 5.94. The number of hydrogen-bond acceptors (Lipinski definition) is 3. The monoisotopic (exact) mass is 244 g/mol.